The van der Waals surface area contributed by atoms with Gasteiger partial charge in [0.05, 0.1) is 5.56 Å². The average Bonchev–Trinajstić information content (AvgIpc) is 2.16. The number of carboxylic acid groups (broad SMARTS) is 1. The zero-order chi connectivity index (χ0) is 11.6. The van der Waals surface area contributed by atoms with Gasteiger partial charge in [0.2, 0.25) is 4.60 Å². The summed E-state index contributed by atoms with van der Waals surface area (Å²) >= 11 is 2.85. The Hall–Kier alpha value is -1.54. The fraction of sp³-hybridized carbons (Fsp3) is 0.143. The molecule has 0 amide bonds. The number of nitro groups is 1. The molecule has 15 heavy (non-hydrogen) atoms. The number of hydrogen-bond acceptors (Lipinski definition) is 5. The summed E-state index contributed by atoms with van der Waals surface area (Å²) in [7, 11) is 0. The van der Waals surface area contributed by atoms with Gasteiger partial charge < -0.3 is 20.3 Å². The topological polar surface area (TPSA) is 114 Å². The number of carboxylic acids is 1. The molecule has 80 valence electrons. The molecule has 0 radical (unpaired) electrons. The largest absolute Gasteiger partial charge is 0.479 e. The fourth-order valence-corrected chi connectivity index (χ4v) is 1.40. The van der Waals surface area contributed by atoms with Crippen LogP contribution in [0.25, 0.3) is 0 Å². The highest BCUT2D eigenvalue weighted by Crippen LogP contribution is 2.24. The molecule has 1 atom stereocenters. The molecule has 1 aromatic heterocycles. The molecule has 1 rings (SSSR count). The molecule has 7 nitrogen and oxygen atoms in total. The molecule has 8 heteroatoms. The van der Waals surface area contributed by atoms with Crippen molar-refractivity contribution in [2.75, 3.05) is 0 Å². The van der Waals surface area contributed by atoms with E-state index in [4.69, 9.17) is 10.2 Å². The van der Waals surface area contributed by atoms with Gasteiger partial charge in [-0.3, -0.25) is 0 Å². The highest BCUT2D eigenvalue weighted by Gasteiger charge is 2.23. The third-order valence-corrected chi connectivity index (χ3v) is 2.21. The van der Waals surface area contributed by atoms with Gasteiger partial charge in [0, 0.05) is 22.0 Å². The molecule has 0 saturated carbocycles. The van der Waals surface area contributed by atoms with Gasteiger partial charge in [-0.05, 0) is 16.0 Å². The summed E-state index contributed by atoms with van der Waals surface area (Å²) in [4.78, 5) is 23.5. The van der Waals surface area contributed by atoms with Gasteiger partial charge >= 0.3 is 11.8 Å². The Morgan fingerprint density at radius 1 is 1.60 bits per heavy atom. The first-order valence-corrected chi connectivity index (χ1v) is 4.44. The average molecular weight is 277 g/mol. The summed E-state index contributed by atoms with van der Waals surface area (Å²) in [6, 6.07) is 2.15. The summed E-state index contributed by atoms with van der Waals surface area (Å²) in [6.07, 6.45) is -1.76. The summed E-state index contributed by atoms with van der Waals surface area (Å²) in [5, 5.41) is 28.0. The van der Waals surface area contributed by atoms with E-state index >= 15 is 0 Å². The van der Waals surface area contributed by atoms with Gasteiger partial charge in [0.1, 0.15) is 0 Å². The van der Waals surface area contributed by atoms with Gasteiger partial charge in [0.15, 0.2) is 6.10 Å². The van der Waals surface area contributed by atoms with Gasteiger partial charge in [-0.15, -0.1) is 0 Å². The first-order valence-electron chi connectivity index (χ1n) is 3.65. The number of aliphatic hydroxyl groups excluding tert-OH is 1. The van der Waals surface area contributed by atoms with Crippen molar-refractivity contribution in [3.63, 3.8) is 0 Å². The van der Waals surface area contributed by atoms with Crippen molar-refractivity contribution in [1.29, 1.82) is 0 Å². The van der Waals surface area contributed by atoms with E-state index in [-0.39, 0.29) is 10.2 Å². The van der Waals surface area contributed by atoms with Crippen LogP contribution in [0.4, 0.5) is 5.82 Å². The highest BCUT2D eigenvalue weighted by molar-refractivity contribution is 9.10. The number of aromatic nitrogens is 1. The predicted octanol–water partition coefficient (Wildman–Crippen LogP) is 0.870. The lowest BCUT2D eigenvalue weighted by Crippen LogP contribution is -2.11. The minimum absolute atomic E-state index is 0.0342. The Kier molecular flexibility index (Phi) is 3.32. The zero-order valence-corrected chi connectivity index (χ0v) is 8.71. The van der Waals surface area contributed by atoms with E-state index in [0.717, 1.165) is 12.1 Å². The molecule has 0 aliphatic carbocycles. The van der Waals surface area contributed by atoms with Crippen LogP contribution in [0.1, 0.15) is 11.7 Å². The molecule has 0 spiro atoms. The van der Waals surface area contributed by atoms with E-state index in [1.165, 1.54) is 0 Å². The lowest BCUT2D eigenvalue weighted by Gasteiger charge is -2.04. The Morgan fingerprint density at radius 3 is 2.60 bits per heavy atom. The maximum absolute atomic E-state index is 10.4. The van der Waals surface area contributed by atoms with Crippen LogP contribution in [0.2, 0.25) is 0 Å². The second kappa shape index (κ2) is 4.32. The van der Waals surface area contributed by atoms with Crippen molar-refractivity contribution in [2.45, 2.75) is 6.10 Å². The third-order valence-electron chi connectivity index (χ3n) is 1.58. The van der Waals surface area contributed by atoms with Gasteiger partial charge in [-0.25, -0.2) is 4.79 Å². The maximum atomic E-state index is 10.4. The second-order valence-corrected chi connectivity index (χ2v) is 3.30. The molecule has 1 heterocycles. The summed E-state index contributed by atoms with van der Waals surface area (Å²) < 4.78 is -0.0633. The van der Waals surface area contributed by atoms with Crippen LogP contribution in [-0.4, -0.2) is 26.1 Å². The Labute approximate surface area is 91.7 Å². The van der Waals surface area contributed by atoms with Crippen molar-refractivity contribution in [3.05, 3.63) is 32.4 Å². The second-order valence-electron chi connectivity index (χ2n) is 2.55. The van der Waals surface area contributed by atoms with E-state index in [1.54, 1.807) is 0 Å². The monoisotopic (exact) mass is 276 g/mol. The summed E-state index contributed by atoms with van der Waals surface area (Å²) in [6.45, 7) is 0. The standard InChI is InChI=1S/C7H5BrN2O5/c8-6-3(5(11)7(12)13)1-2-4(9-6)10(14)15/h1-2,5,11H,(H,12,13). The third kappa shape index (κ3) is 2.48. The van der Waals surface area contributed by atoms with Crippen LogP contribution in [-0.2, 0) is 4.79 Å². The van der Waals surface area contributed by atoms with Crippen LogP contribution in [0, 0.1) is 10.1 Å². The van der Waals surface area contributed by atoms with E-state index in [2.05, 4.69) is 20.9 Å². The number of pyridine rings is 1. The number of aliphatic carboxylic acids is 1. The molecule has 2 N–H and O–H groups in total. The summed E-state index contributed by atoms with van der Waals surface area (Å²) in [5.74, 6) is -1.88. The van der Waals surface area contributed by atoms with Gasteiger partial charge in [-0.1, -0.05) is 0 Å². The zero-order valence-electron chi connectivity index (χ0n) is 7.12. The molecule has 0 aromatic carbocycles. The van der Waals surface area contributed by atoms with Crippen molar-refractivity contribution in [1.82, 2.24) is 4.98 Å². The minimum atomic E-state index is -1.76. The van der Waals surface area contributed by atoms with Crippen LogP contribution in [0.3, 0.4) is 0 Å². The fourth-order valence-electron chi connectivity index (χ4n) is 0.874. The van der Waals surface area contributed by atoms with Crippen molar-refractivity contribution in [3.8, 4) is 0 Å². The minimum Gasteiger partial charge on any atom is -0.479 e. The number of rotatable bonds is 3. The smallest absolute Gasteiger partial charge is 0.364 e. The lowest BCUT2D eigenvalue weighted by atomic mass is 10.2. The maximum Gasteiger partial charge on any atom is 0.364 e. The van der Waals surface area contributed by atoms with E-state index in [9.17, 15) is 14.9 Å². The Morgan fingerprint density at radius 2 is 2.20 bits per heavy atom. The van der Waals surface area contributed by atoms with Crippen LogP contribution in [0.5, 0.6) is 0 Å². The highest BCUT2D eigenvalue weighted by atomic mass is 79.9. The number of aliphatic hydroxyl groups is 1. The molecular weight excluding hydrogens is 272 g/mol. The number of carbonyl (C=O) groups is 1. The molecular formula is C7H5BrN2O5. The van der Waals surface area contributed by atoms with E-state index < -0.39 is 22.8 Å². The normalized spacial score (nSPS) is 12.1. The molecule has 0 aliphatic rings. The molecule has 0 bridgehead atoms. The van der Waals surface area contributed by atoms with Crippen molar-refractivity contribution >= 4 is 27.7 Å². The van der Waals surface area contributed by atoms with E-state index in [1.807, 2.05) is 0 Å². The summed E-state index contributed by atoms with van der Waals surface area (Å²) in [5.41, 5.74) is -0.0342. The van der Waals surface area contributed by atoms with Crippen molar-refractivity contribution in [2.24, 2.45) is 0 Å². The molecule has 0 saturated heterocycles. The lowest BCUT2D eigenvalue weighted by molar-refractivity contribution is -0.389. The first-order chi connectivity index (χ1) is 6.93. The Bertz CT molecular complexity index is 422. The molecule has 1 aromatic rings. The van der Waals surface area contributed by atoms with Crippen LogP contribution < -0.4 is 0 Å². The van der Waals surface area contributed by atoms with Gasteiger partial charge in [-0.2, -0.15) is 0 Å². The van der Waals surface area contributed by atoms with Crippen molar-refractivity contribution < 1.29 is 19.9 Å². The predicted molar refractivity (Wildman–Crippen MR) is 51.2 cm³/mol. The first kappa shape index (κ1) is 11.5. The Balaban J connectivity index is 3.13. The molecule has 0 aliphatic heterocycles. The number of nitrogens with zero attached hydrogens (tertiary/aromatic N) is 2. The van der Waals surface area contributed by atoms with Gasteiger partial charge in [0.25, 0.3) is 0 Å². The van der Waals surface area contributed by atoms with E-state index in [0.29, 0.717) is 0 Å². The molecule has 0 fully saturated rings. The number of halogens is 1. The SMILES string of the molecule is O=C(O)C(O)c1ccc([N+](=O)[O-])nc1Br. The number of hydrogen-bond donors (Lipinski definition) is 2. The van der Waals surface area contributed by atoms with Crippen LogP contribution in [0.15, 0.2) is 16.7 Å². The quantitative estimate of drug-likeness (QED) is 0.481. The molecule has 1 unspecified atom stereocenters. The van der Waals surface area contributed by atoms with Crippen LogP contribution >= 0.6 is 15.9 Å².